The van der Waals surface area contributed by atoms with E-state index in [1.165, 1.54) is 42.5 Å². The van der Waals surface area contributed by atoms with Gasteiger partial charge in [0.05, 0.1) is 6.42 Å². The summed E-state index contributed by atoms with van der Waals surface area (Å²) in [6, 6.07) is 11.0. The number of hydrogen-bond acceptors (Lipinski definition) is 2. The second kappa shape index (κ2) is 7.14. The van der Waals surface area contributed by atoms with Crippen LogP contribution in [-0.4, -0.2) is 11.8 Å². The summed E-state index contributed by atoms with van der Waals surface area (Å²) in [5, 5.41) is 2.07. The predicted molar refractivity (Wildman–Crippen MR) is 76.5 cm³/mol. The second-order valence-electron chi connectivity index (χ2n) is 4.44. The highest BCUT2D eigenvalue weighted by atomic mass is 19.1. The van der Waals surface area contributed by atoms with Gasteiger partial charge in [0, 0.05) is 11.5 Å². The van der Waals surface area contributed by atoms with E-state index in [-0.39, 0.29) is 6.42 Å². The van der Waals surface area contributed by atoms with E-state index in [0.717, 1.165) is 0 Å². The van der Waals surface area contributed by atoms with Crippen molar-refractivity contribution in [1.29, 1.82) is 0 Å². The summed E-state index contributed by atoms with van der Waals surface area (Å²) in [6.07, 6.45) is -0.134. The molecule has 22 heavy (non-hydrogen) atoms. The van der Waals surface area contributed by atoms with Crippen molar-refractivity contribution < 1.29 is 18.4 Å². The smallest absolute Gasteiger partial charge is 0.285 e. The van der Waals surface area contributed by atoms with Crippen molar-refractivity contribution in [2.75, 3.05) is 0 Å². The van der Waals surface area contributed by atoms with Crippen molar-refractivity contribution in [2.45, 2.75) is 6.42 Å². The molecule has 0 radical (unpaired) electrons. The Morgan fingerprint density at radius 3 is 2.36 bits per heavy atom. The number of carbonyl (C=O) groups is 2. The monoisotopic (exact) mass is 299 g/mol. The van der Waals surface area contributed by atoms with Gasteiger partial charge in [-0.25, -0.2) is 8.78 Å². The molecule has 0 saturated carbocycles. The number of hydrogen-bond donors (Lipinski definition) is 1. The first-order valence-corrected chi connectivity index (χ1v) is 6.39. The summed E-state index contributed by atoms with van der Waals surface area (Å²) in [4.78, 5) is 23.1. The average Bonchev–Trinajstić information content (AvgIpc) is 2.45. The molecule has 0 unspecified atom stereocenters. The van der Waals surface area contributed by atoms with Gasteiger partial charge in [-0.2, -0.15) is 0 Å². The SMILES string of the molecule is O=C(C#Cc1cccc(F)c1)NC(=O)Cc1cccc(F)c1. The molecule has 2 amide bonds. The Bertz CT molecular complexity index is 775. The maximum Gasteiger partial charge on any atom is 0.302 e. The Hall–Kier alpha value is -3.00. The van der Waals surface area contributed by atoms with Crippen molar-refractivity contribution in [3.63, 3.8) is 0 Å². The Morgan fingerprint density at radius 1 is 1.00 bits per heavy atom. The van der Waals surface area contributed by atoms with E-state index in [2.05, 4.69) is 17.2 Å². The Labute approximate surface area is 126 Å². The molecule has 2 aromatic rings. The average molecular weight is 299 g/mol. The van der Waals surface area contributed by atoms with Crippen molar-refractivity contribution in [3.8, 4) is 11.8 Å². The molecule has 0 aliphatic rings. The Kier molecular flexibility index (Phi) is 4.99. The van der Waals surface area contributed by atoms with E-state index in [4.69, 9.17) is 0 Å². The maximum absolute atomic E-state index is 13.0. The Morgan fingerprint density at radius 2 is 1.68 bits per heavy atom. The molecular weight excluding hydrogens is 288 g/mol. The first kappa shape index (κ1) is 15.4. The molecule has 0 aromatic heterocycles. The molecule has 5 heteroatoms. The molecule has 0 atom stereocenters. The highest BCUT2D eigenvalue weighted by Crippen LogP contribution is 2.04. The van der Waals surface area contributed by atoms with Gasteiger partial charge in [0.1, 0.15) is 11.6 Å². The largest absolute Gasteiger partial charge is 0.302 e. The molecule has 2 aromatic carbocycles. The van der Waals surface area contributed by atoms with Crippen LogP contribution in [-0.2, 0) is 16.0 Å². The summed E-state index contributed by atoms with van der Waals surface area (Å²) >= 11 is 0. The van der Waals surface area contributed by atoms with Gasteiger partial charge in [-0.05, 0) is 35.9 Å². The van der Waals surface area contributed by atoms with Crippen LogP contribution in [0.2, 0.25) is 0 Å². The van der Waals surface area contributed by atoms with Gasteiger partial charge in [0.15, 0.2) is 0 Å². The minimum absolute atomic E-state index is 0.134. The van der Waals surface area contributed by atoms with E-state index < -0.39 is 23.4 Å². The second-order valence-corrected chi connectivity index (χ2v) is 4.44. The number of nitrogens with one attached hydrogen (secondary N) is 1. The minimum atomic E-state index is -0.800. The molecule has 0 spiro atoms. The van der Waals surface area contributed by atoms with Gasteiger partial charge in [-0.3, -0.25) is 14.9 Å². The van der Waals surface area contributed by atoms with Crippen LogP contribution in [0.15, 0.2) is 48.5 Å². The van der Waals surface area contributed by atoms with Crippen molar-refractivity contribution in [2.24, 2.45) is 0 Å². The zero-order chi connectivity index (χ0) is 15.9. The van der Waals surface area contributed by atoms with Gasteiger partial charge in [0.25, 0.3) is 0 Å². The van der Waals surface area contributed by atoms with E-state index in [9.17, 15) is 18.4 Å². The lowest BCUT2D eigenvalue weighted by Crippen LogP contribution is -2.30. The molecule has 110 valence electrons. The summed E-state index contributed by atoms with van der Waals surface area (Å²) in [5.74, 6) is 2.33. The number of rotatable bonds is 2. The lowest BCUT2D eigenvalue weighted by Gasteiger charge is -2.00. The van der Waals surface area contributed by atoms with Crippen LogP contribution < -0.4 is 5.32 Å². The molecule has 0 aliphatic heterocycles. The quantitative estimate of drug-likeness (QED) is 0.864. The Balaban J connectivity index is 1.93. The molecule has 0 fully saturated rings. The number of benzene rings is 2. The van der Waals surface area contributed by atoms with Crippen molar-refractivity contribution in [1.82, 2.24) is 5.32 Å². The fourth-order valence-electron chi connectivity index (χ4n) is 1.73. The first-order chi connectivity index (χ1) is 10.5. The minimum Gasteiger partial charge on any atom is -0.285 e. The van der Waals surface area contributed by atoms with Crippen molar-refractivity contribution in [3.05, 3.63) is 71.3 Å². The lowest BCUT2D eigenvalue weighted by molar-refractivity contribution is -0.127. The maximum atomic E-state index is 13.0. The third-order valence-electron chi connectivity index (χ3n) is 2.65. The van der Waals surface area contributed by atoms with E-state index >= 15 is 0 Å². The zero-order valence-electron chi connectivity index (χ0n) is 11.4. The standard InChI is InChI=1S/C17H11F2NO2/c18-14-5-1-3-12(9-14)7-8-16(21)20-17(22)11-13-4-2-6-15(19)10-13/h1-6,9-10H,11H2,(H,20,21,22). The zero-order valence-corrected chi connectivity index (χ0v) is 11.4. The van der Waals surface area contributed by atoms with Crippen LogP contribution in [0.25, 0.3) is 0 Å². The van der Waals surface area contributed by atoms with E-state index in [1.54, 1.807) is 6.07 Å². The van der Waals surface area contributed by atoms with E-state index in [0.29, 0.717) is 11.1 Å². The van der Waals surface area contributed by atoms with Gasteiger partial charge in [-0.15, -0.1) is 0 Å². The highest BCUT2D eigenvalue weighted by molar-refractivity contribution is 6.05. The number of carbonyl (C=O) groups excluding carboxylic acids is 2. The van der Waals surface area contributed by atoms with Gasteiger partial charge >= 0.3 is 5.91 Å². The molecule has 0 saturated heterocycles. The number of amides is 2. The van der Waals surface area contributed by atoms with Crippen molar-refractivity contribution >= 4 is 11.8 Å². The van der Waals surface area contributed by atoms with Crippen LogP contribution in [0.3, 0.4) is 0 Å². The molecule has 0 bridgehead atoms. The predicted octanol–water partition coefficient (Wildman–Crippen LogP) is 2.20. The first-order valence-electron chi connectivity index (χ1n) is 6.39. The summed E-state index contributed by atoms with van der Waals surface area (Å²) in [7, 11) is 0. The molecular formula is C17H11F2NO2. The van der Waals surface area contributed by atoms with Crippen LogP contribution >= 0.6 is 0 Å². The third-order valence-corrected chi connectivity index (χ3v) is 2.65. The lowest BCUT2D eigenvalue weighted by atomic mass is 10.1. The summed E-state index contributed by atoms with van der Waals surface area (Å²) in [5.41, 5.74) is 0.774. The van der Waals surface area contributed by atoms with Gasteiger partial charge in [-0.1, -0.05) is 24.1 Å². The molecule has 3 nitrogen and oxygen atoms in total. The third kappa shape index (κ3) is 4.84. The summed E-state index contributed by atoms with van der Waals surface area (Å²) < 4.78 is 25.9. The topological polar surface area (TPSA) is 46.2 Å². The number of imide groups is 1. The van der Waals surface area contributed by atoms with Gasteiger partial charge < -0.3 is 0 Å². The fourth-order valence-corrected chi connectivity index (χ4v) is 1.73. The molecule has 0 aliphatic carbocycles. The highest BCUT2D eigenvalue weighted by Gasteiger charge is 2.07. The summed E-state index contributed by atoms with van der Waals surface area (Å²) in [6.45, 7) is 0. The van der Waals surface area contributed by atoms with Crippen LogP contribution in [0, 0.1) is 23.5 Å². The normalized spacial score (nSPS) is 9.55. The molecule has 2 rings (SSSR count). The van der Waals surface area contributed by atoms with Crippen LogP contribution in [0.4, 0.5) is 8.78 Å². The molecule has 1 N–H and O–H groups in total. The van der Waals surface area contributed by atoms with Crippen LogP contribution in [0.1, 0.15) is 11.1 Å². The van der Waals surface area contributed by atoms with Crippen LogP contribution in [0.5, 0.6) is 0 Å². The fraction of sp³-hybridized carbons (Fsp3) is 0.0588. The van der Waals surface area contributed by atoms with Gasteiger partial charge in [0.2, 0.25) is 5.91 Å². The van der Waals surface area contributed by atoms with E-state index in [1.807, 2.05) is 0 Å². The number of halogens is 2. The molecule has 0 heterocycles.